The zero-order chi connectivity index (χ0) is 21.8. The van der Waals surface area contributed by atoms with Gasteiger partial charge in [0.2, 0.25) is 0 Å². The summed E-state index contributed by atoms with van der Waals surface area (Å²) in [7, 11) is 1.60. The molecule has 0 bridgehead atoms. The van der Waals surface area contributed by atoms with Crippen LogP contribution in [0.15, 0.2) is 53.7 Å². The predicted molar refractivity (Wildman–Crippen MR) is 110 cm³/mol. The molecule has 1 unspecified atom stereocenters. The summed E-state index contributed by atoms with van der Waals surface area (Å²) in [5.74, 6) is 0.0147. The van der Waals surface area contributed by atoms with E-state index in [1.165, 1.54) is 10.7 Å². The van der Waals surface area contributed by atoms with Crippen LogP contribution in [0, 0.1) is 12.7 Å². The Labute approximate surface area is 175 Å². The molecule has 0 spiro atoms. The van der Waals surface area contributed by atoms with E-state index in [9.17, 15) is 8.78 Å². The number of aryl methyl sites for hydroxylation is 2. The summed E-state index contributed by atoms with van der Waals surface area (Å²) < 4.78 is 36.4. The van der Waals surface area contributed by atoms with Gasteiger partial charge in [-0.1, -0.05) is 23.4 Å². The summed E-state index contributed by atoms with van der Waals surface area (Å²) in [6.07, 6.45) is 0.705. The summed E-state index contributed by atoms with van der Waals surface area (Å²) in [4.78, 5) is 8.16. The maximum Gasteiger partial charge on any atom is 0.285 e. The molecule has 3 N–H and O–H groups in total. The van der Waals surface area contributed by atoms with Crippen molar-refractivity contribution in [3.8, 4) is 11.5 Å². The highest BCUT2D eigenvalue weighted by molar-refractivity contribution is 5.82. The van der Waals surface area contributed by atoms with Gasteiger partial charge in [-0.3, -0.25) is 10.7 Å². The topological polar surface area (TPSA) is 103 Å². The fraction of sp³-hybridized carbons (Fsp3) is 0.143. The minimum atomic E-state index is -1.56. The Bertz CT molecular complexity index is 1370. The first kappa shape index (κ1) is 19.1. The van der Waals surface area contributed by atoms with E-state index in [0.29, 0.717) is 33.8 Å². The van der Waals surface area contributed by atoms with Crippen LogP contribution in [0.4, 0.5) is 14.5 Å². The third-order valence-electron chi connectivity index (χ3n) is 5.16. The summed E-state index contributed by atoms with van der Waals surface area (Å²) in [6.45, 7) is 1.81. The van der Waals surface area contributed by atoms with Gasteiger partial charge < -0.3 is 10.1 Å². The molecule has 4 aromatic rings. The van der Waals surface area contributed by atoms with Crippen LogP contribution in [-0.4, -0.2) is 26.1 Å². The van der Waals surface area contributed by atoms with Gasteiger partial charge in [-0.05, 0) is 24.6 Å². The second kappa shape index (κ2) is 6.81. The average molecular weight is 421 g/mol. The highest BCUT2D eigenvalue weighted by Crippen LogP contribution is 2.41. The van der Waals surface area contributed by atoms with Crippen molar-refractivity contribution in [1.29, 1.82) is 0 Å². The number of halogens is 2. The lowest BCUT2D eigenvalue weighted by molar-refractivity contribution is 0.411. The second-order valence-corrected chi connectivity index (χ2v) is 7.25. The van der Waals surface area contributed by atoms with Crippen molar-refractivity contribution in [3.63, 3.8) is 0 Å². The van der Waals surface area contributed by atoms with Crippen LogP contribution in [0.5, 0.6) is 11.5 Å². The number of pyridine rings is 1. The first-order valence-electron chi connectivity index (χ1n) is 9.40. The molecule has 2 aromatic heterocycles. The van der Waals surface area contributed by atoms with Gasteiger partial charge in [-0.2, -0.15) is 4.39 Å². The molecule has 5 rings (SSSR count). The summed E-state index contributed by atoms with van der Waals surface area (Å²) in [5, 5.41) is 10.4. The molecule has 2 aromatic carbocycles. The van der Waals surface area contributed by atoms with Gasteiger partial charge in [-0.25, -0.2) is 14.1 Å². The Kier molecular flexibility index (Phi) is 4.19. The summed E-state index contributed by atoms with van der Waals surface area (Å²) in [5.41, 5.74) is 7.47. The third kappa shape index (κ3) is 2.99. The number of nitrogens with two attached hydrogens (primary N) is 1. The molecule has 0 amide bonds. The van der Waals surface area contributed by atoms with Crippen molar-refractivity contribution in [3.05, 3.63) is 71.3 Å². The van der Waals surface area contributed by atoms with Gasteiger partial charge in [0, 0.05) is 30.9 Å². The van der Waals surface area contributed by atoms with Gasteiger partial charge in [0.1, 0.15) is 28.2 Å². The fourth-order valence-corrected chi connectivity index (χ4v) is 3.73. The number of nitrogens with zero attached hydrogens (tertiary/aromatic N) is 5. The van der Waals surface area contributed by atoms with Crippen LogP contribution in [0.3, 0.4) is 0 Å². The largest absolute Gasteiger partial charge is 0.456 e. The standard InChI is InChI=1S/C21H17F2N7O/c1-11-5-3-6-13(21(24)19-15(7-4-8-25-19)26-20(23)27-21)18(11)31-12-9-14(22)17-16(10-12)28-29-30(17)2/h3-10H,24H2,1-2H3,(H,26,27). The van der Waals surface area contributed by atoms with Gasteiger partial charge in [0.05, 0.1) is 5.69 Å². The lowest BCUT2D eigenvalue weighted by Crippen LogP contribution is -2.55. The van der Waals surface area contributed by atoms with Crippen molar-refractivity contribution in [2.75, 3.05) is 0 Å². The lowest BCUT2D eigenvalue weighted by Gasteiger charge is -2.35. The van der Waals surface area contributed by atoms with Crippen molar-refractivity contribution < 1.29 is 13.5 Å². The Morgan fingerprint density at radius 1 is 1.16 bits per heavy atom. The maximum absolute atomic E-state index is 14.6. The van der Waals surface area contributed by atoms with E-state index in [1.54, 1.807) is 43.6 Å². The molecule has 31 heavy (non-hydrogen) atoms. The number of rotatable bonds is 3. The zero-order valence-electron chi connectivity index (χ0n) is 16.6. The molecule has 0 aliphatic carbocycles. The van der Waals surface area contributed by atoms with Crippen LogP contribution in [0.25, 0.3) is 11.0 Å². The number of hydrogen-bond acceptors (Lipinski definition) is 7. The second-order valence-electron chi connectivity index (χ2n) is 7.25. The zero-order valence-corrected chi connectivity index (χ0v) is 16.6. The number of aliphatic imine (C=N–C) groups is 1. The first-order chi connectivity index (χ1) is 14.9. The number of amidine groups is 1. The summed E-state index contributed by atoms with van der Waals surface area (Å²) >= 11 is 0. The van der Waals surface area contributed by atoms with Crippen molar-refractivity contribution in [2.45, 2.75) is 12.6 Å². The van der Waals surface area contributed by atoms with E-state index < -0.39 is 17.6 Å². The number of aromatic nitrogens is 4. The smallest absolute Gasteiger partial charge is 0.285 e. The number of fused-ring (bicyclic) bond motifs is 2. The molecule has 0 fully saturated rings. The highest BCUT2D eigenvalue weighted by Gasteiger charge is 2.40. The third-order valence-corrected chi connectivity index (χ3v) is 5.16. The number of nitrogens with one attached hydrogen (secondary N) is 1. The maximum atomic E-state index is 14.6. The Morgan fingerprint density at radius 2 is 2.00 bits per heavy atom. The molecule has 0 saturated carbocycles. The van der Waals surface area contributed by atoms with Gasteiger partial charge >= 0.3 is 0 Å². The van der Waals surface area contributed by atoms with Gasteiger partial charge in [-0.15, -0.1) is 5.10 Å². The van der Waals surface area contributed by atoms with Gasteiger partial charge in [0.15, 0.2) is 11.5 Å². The molecular weight excluding hydrogens is 404 g/mol. The number of para-hydroxylation sites is 1. The quantitative estimate of drug-likeness (QED) is 0.492. The number of benzene rings is 2. The average Bonchev–Trinajstić information content (AvgIpc) is 3.10. The molecule has 1 aliphatic rings. The van der Waals surface area contributed by atoms with E-state index in [1.807, 2.05) is 13.0 Å². The van der Waals surface area contributed by atoms with Crippen molar-refractivity contribution in [1.82, 2.24) is 25.3 Å². The van der Waals surface area contributed by atoms with Crippen molar-refractivity contribution in [2.24, 2.45) is 17.8 Å². The molecule has 0 saturated heterocycles. The molecule has 156 valence electrons. The molecule has 10 heteroatoms. The normalized spacial score (nSPS) is 17.8. The molecule has 1 atom stereocenters. The van der Waals surface area contributed by atoms with E-state index in [-0.39, 0.29) is 11.3 Å². The Hall–Kier alpha value is -3.92. The highest BCUT2D eigenvalue weighted by atomic mass is 19.1. The molecule has 0 radical (unpaired) electrons. The van der Waals surface area contributed by atoms with E-state index in [0.717, 1.165) is 0 Å². The summed E-state index contributed by atoms with van der Waals surface area (Å²) in [6, 6.07) is 11.4. The molecule has 8 nitrogen and oxygen atoms in total. The SMILES string of the molecule is Cc1cccc(C2(N)NC(F)=Nc3cccnc32)c1Oc1cc(F)c2c(c1)nnn2C. The van der Waals surface area contributed by atoms with Crippen LogP contribution in [0.1, 0.15) is 16.8 Å². The minimum Gasteiger partial charge on any atom is -0.456 e. The van der Waals surface area contributed by atoms with E-state index >= 15 is 0 Å². The predicted octanol–water partition coefficient (Wildman–Crippen LogP) is 3.32. The molecule has 3 heterocycles. The number of ether oxygens (including phenoxy) is 1. The Balaban J connectivity index is 1.66. The van der Waals surface area contributed by atoms with Crippen LogP contribution in [0.2, 0.25) is 0 Å². The Morgan fingerprint density at radius 3 is 2.84 bits per heavy atom. The van der Waals surface area contributed by atoms with Crippen LogP contribution < -0.4 is 15.8 Å². The fourth-order valence-electron chi connectivity index (χ4n) is 3.73. The van der Waals surface area contributed by atoms with Crippen LogP contribution >= 0.6 is 0 Å². The van der Waals surface area contributed by atoms with Crippen LogP contribution in [-0.2, 0) is 12.7 Å². The van der Waals surface area contributed by atoms with E-state index in [2.05, 4.69) is 25.6 Å². The lowest BCUT2D eigenvalue weighted by atomic mass is 9.91. The minimum absolute atomic E-state index is 0.204. The van der Waals surface area contributed by atoms with Gasteiger partial charge in [0.25, 0.3) is 6.09 Å². The molecule has 1 aliphatic heterocycles. The number of hydrogen-bond donors (Lipinski definition) is 2. The van der Waals surface area contributed by atoms with E-state index in [4.69, 9.17) is 10.5 Å². The monoisotopic (exact) mass is 421 g/mol. The molecular formula is C21H17F2N7O. The first-order valence-corrected chi connectivity index (χ1v) is 9.40. The van der Waals surface area contributed by atoms with Crippen molar-refractivity contribution >= 4 is 22.8 Å².